The molecule has 1 aromatic heterocycles. The topological polar surface area (TPSA) is 39.2 Å². The quantitative estimate of drug-likeness (QED) is 0.570. The number of carbonyl (C=O) groups excluding carboxylic acids is 1. The number of hydrogen-bond donors (Lipinski definition) is 0. The molecule has 0 bridgehead atoms. The summed E-state index contributed by atoms with van der Waals surface area (Å²) in [5.74, 6) is -0.433. The van der Waals surface area contributed by atoms with Gasteiger partial charge in [0.2, 0.25) is 0 Å². The van der Waals surface area contributed by atoms with E-state index in [0.717, 1.165) is 4.34 Å². The Balaban J connectivity index is 2.99. The van der Waals surface area contributed by atoms with Crippen LogP contribution < -0.4 is 0 Å². The van der Waals surface area contributed by atoms with Crippen LogP contribution in [0.25, 0.3) is 0 Å². The summed E-state index contributed by atoms with van der Waals surface area (Å²) in [4.78, 5) is 15.3. The first-order valence-electron chi connectivity index (χ1n) is 2.97. The standard InChI is InChI=1S/C6H6ClNO2S2/c1-10-5(9)3-4(7)8-6(11-2)12-3/h1-2H3. The van der Waals surface area contributed by atoms with Crippen molar-refractivity contribution in [1.82, 2.24) is 4.98 Å². The molecule has 66 valence electrons. The molecule has 6 heteroatoms. The highest BCUT2D eigenvalue weighted by molar-refractivity contribution is 8.00. The smallest absolute Gasteiger partial charge is 0.351 e. The van der Waals surface area contributed by atoms with Crippen LogP contribution in [-0.4, -0.2) is 24.3 Å². The Morgan fingerprint density at radius 2 is 2.42 bits per heavy atom. The minimum absolute atomic E-state index is 0.219. The molecule has 0 fully saturated rings. The van der Waals surface area contributed by atoms with Gasteiger partial charge in [-0.05, 0) is 6.26 Å². The number of nitrogens with zero attached hydrogens (tertiary/aromatic N) is 1. The summed E-state index contributed by atoms with van der Waals surface area (Å²) in [7, 11) is 1.32. The molecule has 1 rings (SSSR count). The maximum atomic E-state index is 11.0. The lowest BCUT2D eigenvalue weighted by Crippen LogP contribution is -1.98. The van der Waals surface area contributed by atoms with E-state index >= 15 is 0 Å². The maximum absolute atomic E-state index is 11.0. The molecule has 0 aliphatic heterocycles. The van der Waals surface area contributed by atoms with Crippen molar-refractivity contribution >= 4 is 40.7 Å². The second-order valence-electron chi connectivity index (χ2n) is 1.80. The summed E-state index contributed by atoms with van der Waals surface area (Å²) >= 11 is 8.37. The van der Waals surface area contributed by atoms with Crippen LogP contribution in [0.3, 0.4) is 0 Å². The molecule has 0 amide bonds. The Morgan fingerprint density at radius 3 is 2.83 bits per heavy atom. The molecule has 0 atom stereocenters. The third-order valence-electron chi connectivity index (χ3n) is 1.11. The Kier molecular flexibility index (Phi) is 3.37. The monoisotopic (exact) mass is 223 g/mol. The van der Waals surface area contributed by atoms with Crippen molar-refractivity contribution in [3.05, 3.63) is 10.0 Å². The average molecular weight is 224 g/mol. The first kappa shape index (κ1) is 9.83. The van der Waals surface area contributed by atoms with E-state index in [4.69, 9.17) is 11.6 Å². The van der Waals surface area contributed by atoms with E-state index in [0.29, 0.717) is 4.88 Å². The largest absolute Gasteiger partial charge is 0.465 e. The van der Waals surface area contributed by atoms with Crippen LogP contribution in [0.1, 0.15) is 9.67 Å². The fourth-order valence-electron chi connectivity index (χ4n) is 0.589. The predicted molar refractivity (Wildman–Crippen MR) is 50.2 cm³/mol. The van der Waals surface area contributed by atoms with E-state index in [1.165, 1.54) is 30.2 Å². The van der Waals surface area contributed by atoms with E-state index in [9.17, 15) is 4.79 Å². The molecule has 3 nitrogen and oxygen atoms in total. The molecule has 0 saturated heterocycles. The lowest BCUT2D eigenvalue weighted by Gasteiger charge is -1.91. The van der Waals surface area contributed by atoms with Gasteiger partial charge in [-0.25, -0.2) is 9.78 Å². The Morgan fingerprint density at radius 1 is 1.75 bits per heavy atom. The van der Waals surface area contributed by atoms with Gasteiger partial charge < -0.3 is 4.74 Å². The number of rotatable bonds is 2. The molecule has 0 radical (unpaired) electrons. The molecule has 1 heterocycles. The van der Waals surface area contributed by atoms with E-state index < -0.39 is 5.97 Å². The number of aromatic nitrogens is 1. The molecule has 0 aliphatic carbocycles. The lowest BCUT2D eigenvalue weighted by atomic mass is 10.6. The minimum Gasteiger partial charge on any atom is -0.465 e. The Labute approximate surface area is 83.1 Å². The SMILES string of the molecule is COC(=O)c1sc(SC)nc1Cl. The third kappa shape index (κ3) is 1.91. The number of hydrogen-bond acceptors (Lipinski definition) is 5. The van der Waals surface area contributed by atoms with Crippen molar-refractivity contribution in [1.29, 1.82) is 0 Å². The Bertz CT molecular complexity index is 300. The van der Waals surface area contributed by atoms with Crippen LogP contribution in [-0.2, 0) is 4.74 Å². The number of esters is 1. The maximum Gasteiger partial charge on any atom is 0.351 e. The third-order valence-corrected chi connectivity index (χ3v) is 3.52. The highest BCUT2D eigenvalue weighted by Crippen LogP contribution is 2.29. The van der Waals surface area contributed by atoms with Crippen LogP contribution in [0.15, 0.2) is 4.34 Å². The second kappa shape index (κ2) is 4.11. The van der Waals surface area contributed by atoms with Crippen molar-refractivity contribution in [2.75, 3.05) is 13.4 Å². The zero-order valence-electron chi connectivity index (χ0n) is 6.46. The summed E-state index contributed by atoms with van der Waals surface area (Å²) in [6.45, 7) is 0. The van der Waals surface area contributed by atoms with Gasteiger partial charge in [-0.15, -0.1) is 0 Å². The number of thiazole rings is 1. The van der Waals surface area contributed by atoms with Gasteiger partial charge in [-0.1, -0.05) is 34.7 Å². The van der Waals surface area contributed by atoms with Gasteiger partial charge in [-0.3, -0.25) is 0 Å². The van der Waals surface area contributed by atoms with Crippen LogP contribution in [0.2, 0.25) is 5.15 Å². The van der Waals surface area contributed by atoms with E-state index in [1.54, 1.807) is 0 Å². The van der Waals surface area contributed by atoms with Gasteiger partial charge >= 0.3 is 5.97 Å². The zero-order chi connectivity index (χ0) is 9.14. The number of thioether (sulfide) groups is 1. The van der Waals surface area contributed by atoms with Crippen LogP contribution in [0.5, 0.6) is 0 Å². The van der Waals surface area contributed by atoms with E-state index in [1.807, 2.05) is 6.26 Å². The van der Waals surface area contributed by atoms with Crippen molar-refractivity contribution in [2.24, 2.45) is 0 Å². The molecule has 1 aromatic rings. The summed E-state index contributed by atoms with van der Waals surface area (Å²) in [5, 5.41) is 0.219. The molecule has 0 spiro atoms. The Hall–Kier alpha value is -0.260. The number of halogens is 1. The first-order valence-corrected chi connectivity index (χ1v) is 5.39. The van der Waals surface area contributed by atoms with Gasteiger partial charge in [0.05, 0.1) is 7.11 Å². The summed E-state index contributed by atoms with van der Waals surface area (Å²) in [5.41, 5.74) is 0. The molecular weight excluding hydrogens is 218 g/mol. The van der Waals surface area contributed by atoms with Crippen molar-refractivity contribution in [2.45, 2.75) is 4.34 Å². The highest BCUT2D eigenvalue weighted by atomic mass is 35.5. The van der Waals surface area contributed by atoms with Crippen LogP contribution in [0, 0.1) is 0 Å². The van der Waals surface area contributed by atoms with Crippen molar-refractivity contribution in [3.8, 4) is 0 Å². The first-order chi connectivity index (χ1) is 5.69. The number of carbonyl (C=O) groups is 1. The molecule has 0 aromatic carbocycles. The van der Waals surface area contributed by atoms with Gasteiger partial charge in [-0.2, -0.15) is 0 Å². The van der Waals surface area contributed by atoms with Gasteiger partial charge in [0, 0.05) is 0 Å². The fourth-order valence-corrected chi connectivity index (χ4v) is 2.34. The van der Waals surface area contributed by atoms with Crippen molar-refractivity contribution < 1.29 is 9.53 Å². The molecule has 0 saturated carbocycles. The number of methoxy groups -OCH3 is 1. The molecular formula is C6H6ClNO2S2. The van der Waals surface area contributed by atoms with E-state index in [2.05, 4.69) is 9.72 Å². The molecule has 0 N–H and O–H groups in total. The fraction of sp³-hybridized carbons (Fsp3) is 0.333. The zero-order valence-corrected chi connectivity index (χ0v) is 8.85. The number of ether oxygens (including phenoxy) is 1. The van der Waals surface area contributed by atoms with Crippen molar-refractivity contribution in [3.63, 3.8) is 0 Å². The minimum atomic E-state index is -0.433. The molecule has 0 unspecified atom stereocenters. The molecule has 12 heavy (non-hydrogen) atoms. The molecule has 0 aliphatic rings. The summed E-state index contributed by atoms with van der Waals surface area (Å²) in [6.07, 6.45) is 1.87. The summed E-state index contributed by atoms with van der Waals surface area (Å²) < 4.78 is 5.28. The average Bonchev–Trinajstić information content (AvgIpc) is 2.45. The summed E-state index contributed by atoms with van der Waals surface area (Å²) in [6, 6.07) is 0. The van der Waals surface area contributed by atoms with Gasteiger partial charge in [0.25, 0.3) is 0 Å². The van der Waals surface area contributed by atoms with Crippen LogP contribution in [0.4, 0.5) is 0 Å². The predicted octanol–water partition coefficient (Wildman–Crippen LogP) is 2.30. The highest BCUT2D eigenvalue weighted by Gasteiger charge is 2.16. The lowest BCUT2D eigenvalue weighted by molar-refractivity contribution is 0.0606. The van der Waals surface area contributed by atoms with Gasteiger partial charge in [0.15, 0.2) is 14.4 Å². The normalized spacial score (nSPS) is 9.92. The van der Waals surface area contributed by atoms with Gasteiger partial charge in [0.1, 0.15) is 0 Å². The second-order valence-corrected chi connectivity index (χ2v) is 4.21. The van der Waals surface area contributed by atoms with E-state index in [-0.39, 0.29) is 5.15 Å². The van der Waals surface area contributed by atoms with Crippen LogP contribution >= 0.6 is 34.7 Å².